The minimum atomic E-state index is 0.308. The van der Waals surface area contributed by atoms with Gasteiger partial charge in [0.2, 0.25) is 6.79 Å². The summed E-state index contributed by atoms with van der Waals surface area (Å²) in [4.78, 5) is 0. The van der Waals surface area contributed by atoms with E-state index >= 15 is 0 Å². The third kappa shape index (κ3) is 2.22. The van der Waals surface area contributed by atoms with E-state index < -0.39 is 0 Å². The van der Waals surface area contributed by atoms with E-state index in [4.69, 9.17) is 14.2 Å². The summed E-state index contributed by atoms with van der Waals surface area (Å²) in [7, 11) is 0. The lowest BCUT2D eigenvalue weighted by atomic mass is 10.3. The van der Waals surface area contributed by atoms with Crippen LogP contribution in [0.5, 0.6) is 17.2 Å². The van der Waals surface area contributed by atoms with Gasteiger partial charge in [-0.2, -0.15) is 0 Å². The molecule has 0 atom stereocenters. The second-order valence-electron chi connectivity index (χ2n) is 4.09. The molecule has 0 aromatic heterocycles. The van der Waals surface area contributed by atoms with E-state index in [0.29, 0.717) is 13.4 Å². The van der Waals surface area contributed by atoms with E-state index in [0.717, 1.165) is 29.8 Å². The van der Waals surface area contributed by atoms with Gasteiger partial charge in [0.25, 0.3) is 0 Å². The molecule has 1 heterocycles. The molecular formula is C12H15NO3. The van der Waals surface area contributed by atoms with Gasteiger partial charge in [0.05, 0.1) is 0 Å². The van der Waals surface area contributed by atoms with Crippen molar-refractivity contribution in [1.29, 1.82) is 0 Å². The molecule has 1 aromatic carbocycles. The molecule has 0 spiro atoms. The van der Waals surface area contributed by atoms with Crippen LogP contribution in [0, 0.1) is 0 Å². The zero-order valence-electron chi connectivity index (χ0n) is 9.07. The Balaban J connectivity index is 1.49. The van der Waals surface area contributed by atoms with E-state index in [1.54, 1.807) is 0 Å². The average molecular weight is 221 g/mol. The molecule has 86 valence electrons. The van der Waals surface area contributed by atoms with E-state index in [9.17, 15) is 0 Å². The van der Waals surface area contributed by atoms with E-state index in [1.165, 1.54) is 12.8 Å². The number of hydrogen-bond acceptors (Lipinski definition) is 4. The highest BCUT2D eigenvalue weighted by Gasteiger charge is 2.19. The van der Waals surface area contributed by atoms with Crippen LogP contribution in [0.1, 0.15) is 12.8 Å². The molecule has 1 N–H and O–H groups in total. The molecule has 0 bridgehead atoms. The van der Waals surface area contributed by atoms with Crippen molar-refractivity contribution in [3.8, 4) is 17.2 Å². The number of ether oxygens (including phenoxy) is 3. The fourth-order valence-corrected chi connectivity index (χ4v) is 1.69. The number of hydrogen-bond donors (Lipinski definition) is 1. The van der Waals surface area contributed by atoms with Crippen LogP contribution in [0.2, 0.25) is 0 Å². The Kier molecular flexibility index (Phi) is 2.58. The molecule has 1 aliphatic carbocycles. The van der Waals surface area contributed by atoms with Gasteiger partial charge in [0.1, 0.15) is 12.4 Å². The van der Waals surface area contributed by atoms with Crippen molar-refractivity contribution in [3.63, 3.8) is 0 Å². The van der Waals surface area contributed by atoms with Gasteiger partial charge in [0.15, 0.2) is 11.5 Å². The van der Waals surface area contributed by atoms with Gasteiger partial charge in [-0.05, 0) is 25.0 Å². The van der Waals surface area contributed by atoms with Crippen molar-refractivity contribution in [1.82, 2.24) is 5.32 Å². The van der Waals surface area contributed by atoms with Crippen LogP contribution in [0.4, 0.5) is 0 Å². The quantitative estimate of drug-likeness (QED) is 0.766. The maximum absolute atomic E-state index is 5.61. The van der Waals surface area contributed by atoms with Crippen molar-refractivity contribution in [2.24, 2.45) is 0 Å². The lowest BCUT2D eigenvalue weighted by Crippen LogP contribution is -2.22. The Morgan fingerprint density at radius 3 is 3.00 bits per heavy atom. The molecule has 0 unspecified atom stereocenters. The number of rotatable bonds is 5. The molecule has 4 nitrogen and oxygen atoms in total. The molecule has 0 saturated heterocycles. The Hall–Kier alpha value is -1.42. The molecule has 1 saturated carbocycles. The van der Waals surface area contributed by atoms with Crippen LogP contribution in [0.25, 0.3) is 0 Å². The molecule has 0 radical (unpaired) electrons. The van der Waals surface area contributed by atoms with Crippen LogP contribution in [-0.2, 0) is 0 Å². The summed E-state index contributed by atoms with van der Waals surface area (Å²) in [5.74, 6) is 2.40. The highest BCUT2D eigenvalue weighted by Crippen LogP contribution is 2.34. The fourth-order valence-electron chi connectivity index (χ4n) is 1.69. The smallest absolute Gasteiger partial charge is 0.231 e. The number of benzene rings is 1. The van der Waals surface area contributed by atoms with Crippen molar-refractivity contribution in [2.75, 3.05) is 19.9 Å². The highest BCUT2D eigenvalue weighted by molar-refractivity contribution is 5.46. The summed E-state index contributed by atoms with van der Waals surface area (Å²) < 4.78 is 16.1. The Morgan fingerprint density at radius 2 is 2.12 bits per heavy atom. The summed E-state index contributed by atoms with van der Waals surface area (Å²) in [6.07, 6.45) is 2.62. The molecule has 4 heteroatoms. The largest absolute Gasteiger partial charge is 0.492 e. The first-order valence-corrected chi connectivity index (χ1v) is 5.68. The number of fused-ring (bicyclic) bond motifs is 1. The van der Waals surface area contributed by atoms with E-state index in [-0.39, 0.29) is 0 Å². The lowest BCUT2D eigenvalue weighted by Gasteiger charge is -2.07. The molecule has 0 amide bonds. The summed E-state index contributed by atoms with van der Waals surface area (Å²) >= 11 is 0. The zero-order valence-corrected chi connectivity index (χ0v) is 9.07. The van der Waals surface area contributed by atoms with Gasteiger partial charge in [-0.1, -0.05) is 0 Å². The molecule has 2 aliphatic rings. The van der Waals surface area contributed by atoms with Crippen molar-refractivity contribution in [2.45, 2.75) is 18.9 Å². The normalized spacial score (nSPS) is 17.5. The summed E-state index contributed by atoms with van der Waals surface area (Å²) in [5, 5.41) is 3.40. The first-order chi connectivity index (χ1) is 7.92. The minimum Gasteiger partial charge on any atom is -0.492 e. The zero-order chi connectivity index (χ0) is 10.8. The average Bonchev–Trinajstić information content (AvgIpc) is 3.01. The summed E-state index contributed by atoms with van der Waals surface area (Å²) in [5.41, 5.74) is 0. The fraction of sp³-hybridized carbons (Fsp3) is 0.500. The van der Waals surface area contributed by atoms with Gasteiger partial charge in [-0.15, -0.1) is 0 Å². The van der Waals surface area contributed by atoms with Gasteiger partial charge in [-0.3, -0.25) is 0 Å². The monoisotopic (exact) mass is 221 g/mol. The Morgan fingerprint density at radius 1 is 1.25 bits per heavy atom. The van der Waals surface area contributed by atoms with Crippen LogP contribution in [-0.4, -0.2) is 26.0 Å². The van der Waals surface area contributed by atoms with E-state index in [1.807, 2.05) is 18.2 Å². The topological polar surface area (TPSA) is 39.7 Å². The third-order valence-corrected chi connectivity index (χ3v) is 2.73. The molecule has 16 heavy (non-hydrogen) atoms. The lowest BCUT2D eigenvalue weighted by molar-refractivity contribution is 0.173. The SMILES string of the molecule is c1cc2c(cc1OCCNC1CC1)OCO2. The van der Waals surface area contributed by atoms with Gasteiger partial charge < -0.3 is 19.5 Å². The summed E-state index contributed by atoms with van der Waals surface area (Å²) in [6.45, 7) is 1.90. The standard InChI is InChI=1S/C12H15NO3/c1-2-9(1)13-5-6-14-10-3-4-11-12(7-10)16-8-15-11/h3-4,7,9,13H,1-2,5-6,8H2. The predicted molar refractivity (Wildman–Crippen MR) is 59.1 cm³/mol. The van der Waals surface area contributed by atoms with Crippen LogP contribution < -0.4 is 19.5 Å². The van der Waals surface area contributed by atoms with Crippen molar-refractivity contribution in [3.05, 3.63) is 18.2 Å². The van der Waals surface area contributed by atoms with Gasteiger partial charge in [-0.25, -0.2) is 0 Å². The summed E-state index contributed by atoms with van der Waals surface area (Å²) in [6, 6.07) is 6.40. The van der Waals surface area contributed by atoms with Crippen LogP contribution in [0.3, 0.4) is 0 Å². The minimum absolute atomic E-state index is 0.308. The third-order valence-electron chi connectivity index (χ3n) is 2.73. The van der Waals surface area contributed by atoms with Gasteiger partial charge in [0, 0.05) is 18.7 Å². The molecular weight excluding hydrogens is 206 g/mol. The number of nitrogens with one attached hydrogen (secondary N) is 1. The van der Waals surface area contributed by atoms with Gasteiger partial charge >= 0.3 is 0 Å². The Labute approximate surface area is 94.5 Å². The molecule has 1 fully saturated rings. The maximum atomic E-state index is 5.61. The second-order valence-corrected chi connectivity index (χ2v) is 4.09. The Bertz CT molecular complexity index is 377. The molecule has 3 rings (SSSR count). The van der Waals surface area contributed by atoms with E-state index in [2.05, 4.69) is 5.32 Å². The maximum Gasteiger partial charge on any atom is 0.231 e. The van der Waals surface area contributed by atoms with Crippen LogP contribution >= 0.6 is 0 Å². The molecule has 1 aliphatic heterocycles. The van der Waals surface area contributed by atoms with Crippen molar-refractivity contribution >= 4 is 0 Å². The first kappa shape index (κ1) is 9.78. The van der Waals surface area contributed by atoms with Crippen LogP contribution in [0.15, 0.2) is 18.2 Å². The first-order valence-electron chi connectivity index (χ1n) is 5.68. The predicted octanol–water partition coefficient (Wildman–Crippen LogP) is 1.55. The second kappa shape index (κ2) is 4.22. The molecule has 1 aromatic rings. The highest BCUT2D eigenvalue weighted by atomic mass is 16.7. The van der Waals surface area contributed by atoms with Crippen molar-refractivity contribution < 1.29 is 14.2 Å².